The normalized spacial score (nSPS) is 19.2. The van der Waals surface area contributed by atoms with Crippen LogP contribution in [-0.4, -0.2) is 56.4 Å². The van der Waals surface area contributed by atoms with Crippen LogP contribution in [0.2, 0.25) is 0 Å². The molecule has 0 amide bonds. The summed E-state index contributed by atoms with van der Waals surface area (Å²) < 4.78 is 2.03. The maximum atomic E-state index is 11.2. The van der Waals surface area contributed by atoms with Crippen LogP contribution in [-0.2, 0) is 17.9 Å². The SMILES string of the molecule is CNC(C)(CCN1CCn2cnnc2C1)C(=O)O. The molecule has 1 aliphatic heterocycles. The molecule has 7 nitrogen and oxygen atoms in total. The highest BCUT2D eigenvalue weighted by molar-refractivity contribution is 5.78. The van der Waals surface area contributed by atoms with Crippen LogP contribution in [0, 0.1) is 0 Å². The van der Waals surface area contributed by atoms with Gasteiger partial charge in [0.05, 0.1) is 6.54 Å². The third kappa shape index (κ3) is 2.51. The quantitative estimate of drug-likeness (QED) is 0.739. The van der Waals surface area contributed by atoms with E-state index >= 15 is 0 Å². The van der Waals surface area contributed by atoms with Crippen LogP contribution in [0.15, 0.2) is 6.33 Å². The van der Waals surface area contributed by atoms with Crippen LogP contribution in [0.4, 0.5) is 0 Å². The van der Waals surface area contributed by atoms with Gasteiger partial charge in [-0.1, -0.05) is 0 Å². The summed E-state index contributed by atoms with van der Waals surface area (Å²) in [4.78, 5) is 13.4. The molecule has 2 heterocycles. The molecule has 18 heavy (non-hydrogen) atoms. The first-order chi connectivity index (χ1) is 8.55. The molecule has 0 radical (unpaired) electrons. The van der Waals surface area contributed by atoms with Crippen LogP contribution in [0.5, 0.6) is 0 Å². The van der Waals surface area contributed by atoms with Crippen molar-refractivity contribution in [2.24, 2.45) is 0 Å². The Kier molecular flexibility index (Phi) is 3.63. The standard InChI is InChI=1S/C11H19N5O2/c1-11(12-2,10(17)18)3-4-15-5-6-16-8-13-14-9(16)7-15/h8,12H,3-7H2,1-2H3,(H,17,18). The lowest BCUT2D eigenvalue weighted by atomic mass is 9.98. The van der Waals surface area contributed by atoms with Gasteiger partial charge in [-0.25, -0.2) is 0 Å². The molecule has 1 unspecified atom stereocenters. The first kappa shape index (κ1) is 13.0. The predicted octanol–water partition coefficient (Wildman–Crippen LogP) is -0.453. The van der Waals surface area contributed by atoms with Gasteiger partial charge in [0, 0.05) is 19.6 Å². The molecular formula is C11H19N5O2. The van der Waals surface area contributed by atoms with Crippen molar-refractivity contribution >= 4 is 5.97 Å². The molecule has 0 bridgehead atoms. The van der Waals surface area contributed by atoms with Crippen LogP contribution >= 0.6 is 0 Å². The van der Waals surface area contributed by atoms with Crippen molar-refractivity contribution < 1.29 is 9.90 Å². The van der Waals surface area contributed by atoms with E-state index in [4.69, 9.17) is 0 Å². The molecule has 0 saturated heterocycles. The minimum atomic E-state index is -0.870. The summed E-state index contributed by atoms with van der Waals surface area (Å²) in [6.45, 7) is 4.95. The summed E-state index contributed by atoms with van der Waals surface area (Å²) in [6.07, 6.45) is 2.30. The molecule has 0 aromatic carbocycles. The van der Waals surface area contributed by atoms with Crippen LogP contribution in [0.1, 0.15) is 19.2 Å². The summed E-state index contributed by atoms with van der Waals surface area (Å²) in [5.74, 6) is 0.132. The number of aromatic nitrogens is 3. The van der Waals surface area contributed by atoms with E-state index in [0.717, 1.165) is 32.0 Å². The molecule has 7 heteroatoms. The number of carboxylic acid groups (broad SMARTS) is 1. The zero-order chi connectivity index (χ0) is 13.2. The molecule has 1 aliphatic rings. The smallest absolute Gasteiger partial charge is 0.323 e. The van der Waals surface area contributed by atoms with Crippen molar-refractivity contribution in [3.63, 3.8) is 0 Å². The first-order valence-electron chi connectivity index (χ1n) is 6.06. The summed E-state index contributed by atoms with van der Waals surface area (Å²) in [5, 5.41) is 20.0. The molecule has 1 atom stereocenters. The van der Waals surface area contributed by atoms with Crippen molar-refractivity contribution in [1.82, 2.24) is 25.0 Å². The van der Waals surface area contributed by atoms with Crippen LogP contribution < -0.4 is 5.32 Å². The number of fused-ring (bicyclic) bond motifs is 1. The molecule has 1 aromatic rings. The Morgan fingerprint density at radius 3 is 3.06 bits per heavy atom. The molecule has 0 fully saturated rings. The van der Waals surface area contributed by atoms with E-state index in [9.17, 15) is 9.90 Å². The van der Waals surface area contributed by atoms with Crippen molar-refractivity contribution in [2.75, 3.05) is 20.1 Å². The van der Waals surface area contributed by atoms with E-state index in [0.29, 0.717) is 6.42 Å². The van der Waals surface area contributed by atoms with Crippen LogP contribution in [0.25, 0.3) is 0 Å². The fraction of sp³-hybridized carbons (Fsp3) is 0.727. The van der Waals surface area contributed by atoms with E-state index in [1.165, 1.54) is 0 Å². The molecule has 100 valence electrons. The van der Waals surface area contributed by atoms with Gasteiger partial charge >= 0.3 is 5.97 Å². The number of hydrogen-bond acceptors (Lipinski definition) is 5. The molecule has 0 spiro atoms. The Morgan fingerprint density at radius 1 is 1.61 bits per heavy atom. The van der Waals surface area contributed by atoms with Gasteiger partial charge in [-0.15, -0.1) is 10.2 Å². The van der Waals surface area contributed by atoms with Gasteiger partial charge in [0.15, 0.2) is 0 Å². The number of hydrogen-bond donors (Lipinski definition) is 2. The lowest BCUT2D eigenvalue weighted by molar-refractivity contribution is -0.144. The highest BCUT2D eigenvalue weighted by Gasteiger charge is 2.31. The van der Waals surface area contributed by atoms with Gasteiger partial charge in [0.25, 0.3) is 0 Å². The van der Waals surface area contributed by atoms with Gasteiger partial charge in [-0.2, -0.15) is 0 Å². The van der Waals surface area contributed by atoms with Crippen molar-refractivity contribution in [3.8, 4) is 0 Å². The molecule has 2 rings (SSSR count). The lowest BCUT2D eigenvalue weighted by Crippen LogP contribution is -2.50. The fourth-order valence-electron chi connectivity index (χ4n) is 2.03. The third-order valence-corrected chi connectivity index (χ3v) is 3.67. The monoisotopic (exact) mass is 253 g/mol. The maximum Gasteiger partial charge on any atom is 0.323 e. The molecule has 1 aromatic heterocycles. The predicted molar refractivity (Wildman–Crippen MR) is 65.0 cm³/mol. The zero-order valence-corrected chi connectivity index (χ0v) is 10.8. The number of nitrogens with one attached hydrogen (secondary N) is 1. The van der Waals surface area contributed by atoms with E-state index in [2.05, 4.69) is 20.4 Å². The van der Waals surface area contributed by atoms with Crippen molar-refractivity contribution in [3.05, 3.63) is 12.2 Å². The number of carboxylic acids is 1. The number of nitrogens with zero attached hydrogens (tertiary/aromatic N) is 4. The number of rotatable bonds is 5. The van der Waals surface area contributed by atoms with E-state index < -0.39 is 11.5 Å². The Labute approximate surface area is 106 Å². The third-order valence-electron chi connectivity index (χ3n) is 3.67. The molecule has 0 saturated carbocycles. The van der Waals surface area contributed by atoms with Crippen LogP contribution in [0.3, 0.4) is 0 Å². The summed E-state index contributed by atoms with van der Waals surface area (Å²) in [5.41, 5.74) is -0.870. The average molecular weight is 253 g/mol. The van der Waals surface area contributed by atoms with Gasteiger partial charge in [0.2, 0.25) is 0 Å². The molecule has 2 N–H and O–H groups in total. The zero-order valence-electron chi connectivity index (χ0n) is 10.8. The lowest BCUT2D eigenvalue weighted by Gasteiger charge is -2.31. The van der Waals surface area contributed by atoms with Gasteiger partial charge in [0.1, 0.15) is 17.7 Å². The number of carbonyl (C=O) groups is 1. The summed E-state index contributed by atoms with van der Waals surface area (Å²) in [6, 6.07) is 0. The van der Waals surface area contributed by atoms with Gasteiger partial charge < -0.3 is 15.0 Å². The Hall–Kier alpha value is -1.47. The second-order valence-electron chi connectivity index (χ2n) is 4.85. The van der Waals surface area contributed by atoms with Gasteiger partial charge in [-0.3, -0.25) is 9.69 Å². The highest BCUT2D eigenvalue weighted by Crippen LogP contribution is 2.14. The van der Waals surface area contributed by atoms with E-state index in [-0.39, 0.29) is 0 Å². The minimum Gasteiger partial charge on any atom is -0.480 e. The van der Waals surface area contributed by atoms with Crippen molar-refractivity contribution in [1.29, 1.82) is 0 Å². The molecular weight excluding hydrogens is 234 g/mol. The first-order valence-corrected chi connectivity index (χ1v) is 6.06. The van der Waals surface area contributed by atoms with Crippen molar-refractivity contribution in [2.45, 2.75) is 32.0 Å². The average Bonchev–Trinajstić information content (AvgIpc) is 2.82. The summed E-state index contributed by atoms with van der Waals surface area (Å²) >= 11 is 0. The van der Waals surface area contributed by atoms with E-state index in [1.54, 1.807) is 20.3 Å². The number of aliphatic carboxylic acids is 1. The largest absolute Gasteiger partial charge is 0.480 e. The Balaban J connectivity index is 1.91. The minimum absolute atomic E-state index is 0.562. The highest BCUT2D eigenvalue weighted by atomic mass is 16.4. The summed E-state index contributed by atoms with van der Waals surface area (Å²) in [7, 11) is 1.68. The maximum absolute atomic E-state index is 11.2. The Morgan fingerprint density at radius 2 is 2.39 bits per heavy atom. The second-order valence-corrected chi connectivity index (χ2v) is 4.85. The Bertz CT molecular complexity index is 433. The topological polar surface area (TPSA) is 83.3 Å². The van der Waals surface area contributed by atoms with Gasteiger partial charge in [-0.05, 0) is 20.4 Å². The molecule has 0 aliphatic carbocycles. The van der Waals surface area contributed by atoms with E-state index in [1.807, 2.05) is 4.57 Å². The second kappa shape index (κ2) is 5.03. The number of likely N-dealkylation sites (N-methyl/N-ethyl adjacent to an activating group) is 1. The fourth-order valence-corrected chi connectivity index (χ4v) is 2.03.